The van der Waals surface area contributed by atoms with E-state index in [9.17, 15) is 4.79 Å². The number of carbonyl (C=O) groups is 1. The fourth-order valence-electron chi connectivity index (χ4n) is 4.06. The van der Waals surface area contributed by atoms with E-state index in [0.29, 0.717) is 18.2 Å². The zero-order valence-corrected chi connectivity index (χ0v) is 16.1. The van der Waals surface area contributed by atoms with E-state index < -0.39 is 0 Å². The number of aromatic nitrogens is 1. The van der Waals surface area contributed by atoms with Gasteiger partial charge in [-0.05, 0) is 54.1 Å². The molecule has 0 saturated carbocycles. The first-order valence-corrected chi connectivity index (χ1v) is 10.0. The van der Waals surface area contributed by atoms with Crippen molar-refractivity contribution in [2.75, 3.05) is 13.2 Å². The second kappa shape index (κ2) is 7.15. The zero-order chi connectivity index (χ0) is 19.1. The Hall–Kier alpha value is -2.50. The van der Waals surface area contributed by atoms with Crippen molar-refractivity contribution in [1.82, 2.24) is 10.3 Å². The second-order valence-corrected chi connectivity index (χ2v) is 7.85. The molecular weight excluding hydrogens is 376 g/mol. The average Bonchev–Trinajstić information content (AvgIpc) is 3.44. The average molecular weight is 397 g/mol. The van der Waals surface area contributed by atoms with Crippen molar-refractivity contribution in [3.05, 3.63) is 53.2 Å². The number of carbonyl (C=O) groups excluding carboxylic acids is 1. The largest absolute Gasteiger partial charge is 0.487 e. The number of rotatable bonds is 4. The monoisotopic (exact) mass is 396 g/mol. The van der Waals surface area contributed by atoms with Gasteiger partial charge >= 0.3 is 0 Å². The summed E-state index contributed by atoms with van der Waals surface area (Å²) >= 11 is 6.39. The third-order valence-electron chi connectivity index (χ3n) is 5.45. The molecule has 2 atom stereocenters. The first kappa shape index (κ1) is 17.6. The van der Waals surface area contributed by atoms with Crippen molar-refractivity contribution in [1.29, 1.82) is 0 Å². The van der Waals surface area contributed by atoms with Crippen LogP contribution in [0.3, 0.4) is 0 Å². The van der Waals surface area contributed by atoms with Crippen LogP contribution >= 0.6 is 11.6 Å². The molecule has 28 heavy (non-hydrogen) atoms. The number of fused-ring (bicyclic) bond motifs is 2. The highest BCUT2D eigenvalue weighted by Gasteiger charge is 2.29. The third kappa shape index (κ3) is 3.25. The Bertz CT molecular complexity index is 1040. The van der Waals surface area contributed by atoms with Crippen LogP contribution in [0.25, 0.3) is 22.0 Å². The summed E-state index contributed by atoms with van der Waals surface area (Å²) in [7, 11) is 0. The van der Waals surface area contributed by atoms with Crippen LogP contribution in [0.15, 0.2) is 42.6 Å². The van der Waals surface area contributed by atoms with Gasteiger partial charge in [0.05, 0.1) is 6.54 Å². The lowest BCUT2D eigenvalue weighted by atomic mass is 9.99. The summed E-state index contributed by atoms with van der Waals surface area (Å²) in [4.78, 5) is 15.4. The van der Waals surface area contributed by atoms with Crippen LogP contribution in [0.2, 0.25) is 5.02 Å². The van der Waals surface area contributed by atoms with Crippen LogP contribution in [0.1, 0.15) is 18.4 Å². The molecule has 5 rings (SSSR count). The molecule has 0 spiro atoms. The Labute approximate surface area is 168 Å². The minimum atomic E-state index is -0.318. The predicted octanol–water partition coefficient (Wildman–Crippen LogP) is 4.09. The fraction of sp³-hybridized carbons (Fsp3) is 0.318. The predicted molar refractivity (Wildman–Crippen MR) is 109 cm³/mol. The molecule has 1 fully saturated rings. The molecule has 144 valence electrons. The van der Waals surface area contributed by atoms with Crippen molar-refractivity contribution in [3.8, 4) is 16.9 Å². The van der Waals surface area contributed by atoms with Gasteiger partial charge in [-0.15, -0.1) is 0 Å². The van der Waals surface area contributed by atoms with Gasteiger partial charge in [-0.3, -0.25) is 4.79 Å². The molecule has 0 unspecified atom stereocenters. The van der Waals surface area contributed by atoms with Crippen molar-refractivity contribution in [2.24, 2.45) is 0 Å². The van der Waals surface area contributed by atoms with E-state index in [1.54, 1.807) is 0 Å². The summed E-state index contributed by atoms with van der Waals surface area (Å²) in [5, 5.41) is 4.80. The molecule has 0 aliphatic carbocycles. The lowest BCUT2D eigenvalue weighted by Gasteiger charge is -2.15. The van der Waals surface area contributed by atoms with Crippen LogP contribution < -0.4 is 10.1 Å². The standard InChI is InChI=1S/C22H21ClN2O3/c23-16-9-15-10-17(12-25-22(26)20-2-1-7-27-20)28-21(15)18(11-16)13-3-4-19-14(8-13)5-6-24-19/h3-6,8-9,11,17,20,24H,1-2,7,10,12H2,(H,25,26)/t17-,20+/m1/s1. The maximum atomic E-state index is 12.2. The number of halogens is 1. The number of hydrogen-bond acceptors (Lipinski definition) is 3. The molecular formula is C22H21ClN2O3. The van der Waals surface area contributed by atoms with E-state index in [1.165, 1.54) is 0 Å². The summed E-state index contributed by atoms with van der Waals surface area (Å²) in [6.07, 6.45) is 3.96. The van der Waals surface area contributed by atoms with Gasteiger partial charge in [0.1, 0.15) is 18.0 Å². The number of H-pyrrole nitrogens is 1. The van der Waals surface area contributed by atoms with Crippen LogP contribution in [-0.4, -0.2) is 36.3 Å². The maximum Gasteiger partial charge on any atom is 0.249 e. The maximum absolute atomic E-state index is 12.2. The van der Waals surface area contributed by atoms with Crippen LogP contribution in [0.5, 0.6) is 5.75 Å². The summed E-state index contributed by atoms with van der Waals surface area (Å²) in [5.74, 6) is 0.809. The Balaban J connectivity index is 1.36. The molecule has 1 amide bonds. The van der Waals surface area contributed by atoms with E-state index in [0.717, 1.165) is 52.6 Å². The minimum Gasteiger partial charge on any atom is -0.487 e. The summed E-state index contributed by atoms with van der Waals surface area (Å²) in [6.45, 7) is 1.12. The molecule has 2 N–H and O–H groups in total. The topological polar surface area (TPSA) is 63.4 Å². The SMILES string of the molecule is O=C(NC[C@H]1Cc2cc(Cl)cc(-c3ccc4[nH]ccc4c3)c2O1)[C@@H]1CCCO1. The van der Waals surface area contributed by atoms with Gasteiger partial charge in [0.2, 0.25) is 5.91 Å². The second-order valence-electron chi connectivity index (χ2n) is 7.41. The van der Waals surface area contributed by atoms with E-state index in [4.69, 9.17) is 21.1 Å². The highest BCUT2D eigenvalue weighted by Crippen LogP contribution is 2.41. The first-order chi connectivity index (χ1) is 13.7. The van der Waals surface area contributed by atoms with Crippen molar-refractivity contribution in [2.45, 2.75) is 31.5 Å². The quantitative estimate of drug-likeness (QED) is 0.698. The summed E-state index contributed by atoms with van der Waals surface area (Å²) < 4.78 is 11.7. The normalized spacial score (nSPS) is 20.9. The summed E-state index contributed by atoms with van der Waals surface area (Å²) in [6, 6.07) is 12.2. The molecule has 3 aromatic rings. The lowest BCUT2D eigenvalue weighted by molar-refractivity contribution is -0.130. The van der Waals surface area contributed by atoms with Crippen molar-refractivity contribution in [3.63, 3.8) is 0 Å². The molecule has 0 bridgehead atoms. The van der Waals surface area contributed by atoms with Crippen LogP contribution in [0.4, 0.5) is 0 Å². The van der Waals surface area contributed by atoms with E-state index in [2.05, 4.69) is 28.5 Å². The molecule has 1 aromatic heterocycles. The van der Waals surface area contributed by atoms with Crippen molar-refractivity contribution >= 4 is 28.4 Å². The molecule has 2 aliphatic rings. The zero-order valence-electron chi connectivity index (χ0n) is 15.3. The third-order valence-corrected chi connectivity index (χ3v) is 5.67. The van der Waals surface area contributed by atoms with Crippen LogP contribution in [0, 0.1) is 0 Å². The van der Waals surface area contributed by atoms with E-state index in [-0.39, 0.29) is 18.1 Å². The Morgan fingerprint density at radius 3 is 3.04 bits per heavy atom. The van der Waals surface area contributed by atoms with E-state index >= 15 is 0 Å². The van der Waals surface area contributed by atoms with Gasteiger partial charge in [-0.1, -0.05) is 17.7 Å². The number of ether oxygens (including phenoxy) is 2. The van der Waals surface area contributed by atoms with Crippen molar-refractivity contribution < 1.29 is 14.3 Å². The molecule has 6 heteroatoms. The Kier molecular flexibility index (Phi) is 4.49. The Morgan fingerprint density at radius 2 is 2.18 bits per heavy atom. The number of aromatic amines is 1. The smallest absolute Gasteiger partial charge is 0.249 e. The number of amides is 1. The first-order valence-electron chi connectivity index (χ1n) is 9.63. The number of hydrogen-bond donors (Lipinski definition) is 2. The molecule has 3 heterocycles. The van der Waals surface area contributed by atoms with Gasteiger partial charge in [0.15, 0.2) is 0 Å². The number of benzene rings is 2. The highest BCUT2D eigenvalue weighted by molar-refractivity contribution is 6.31. The molecule has 2 aliphatic heterocycles. The van der Waals surface area contributed by atoms with Crippen LogP contribution in [-0.2, 0) is 16.0 Å². The highest BCUT2D eigenvalue weighted by atomic mass is 35.5. The minimum absolute atomic E-state index is 0.0479. The molecule has 0 radical (unpaired) electrons. The van der Waals surface area contributed by atoms with Gasteiger partial charge in [-0.25, -0.2) is 0 Å². The summed E-state index contributed by atoms with van der Waals surface area (Å²) in [5.41, 5.74) is 4.22. The van der Waals surface area contributed by atoms with E-state index in [1.807, 2.05) is 24.4 Å². The fourth-order valence-corrected chi connectivity index (χ4v) is 4.30. The molecule has 5 nitrogen and oxygen atoms in total. The van der Waals surface area contributed by atoms with Gasteiger partial charge in [0.25, 0.3) is 0 Å². The molecule has 1 saturated heterocycles. The lowest BCUT2D eigenvalue weighted by Crippen LogP contribution is -2.40. The number of nitrogens with one attached hydrogen (secondary N) is 2. The van der Waals surface area contributed by atoms with Gasteiger partial charge < -0.3 is 19.8 Å². The molecule has 2 aromatic carbocycles. The van der Waals surface area contributed by atoms with Gasteiger partial charge in [-0.2, -0.15) is 0 Å². The van der Waals surface area contributed by atoms with Gasteiger partial charge in [0, 0.05) is 40.9 Å². The Morgan fingerprint density at radius 1 is 1.25 bits per heavy atom.